The molecule has 0 radical (unpaired) electrons. The first-order valence-electron chi connectivity index (χ1n) is 10.0. The number of carbonyl (C=O) groups is 1. The molecule has 1 aromatic carbocycles. The Bertz CT molecular complexity index is 1390. The van der Waals surface area contributed by atoms with Crippen molar-refractivity contribution in [1.29, 1.82) is 0 Å². The van der Waals surface area contributed by atoms with Crippen LogP contribution in [0.4, 0.5) is 22.0 Å². The van der Waals surface area contributed by atoms with Crippen molar-refractivity contribution in [3.8, 4) is 5.88 Å². The van der Waals surface area contributed by atoms with Crippen molar-refractivity contribution in [2.75, 3.05) is 0 Å². The minimum atomic E-state index is -4.72. The van der Waals surface area contributed by atoms with Crippen LogP contribution < -0.4 is 4.74 Å². The first-order valence-corrected chi connectivity index (χ1v) is 10.0. The zero-order valence-corrected chi connectivity index (χ0v) is 18.2. The predicted octanol–water partition coefficient (Wildman–Crippen LogP) is 4.68. The van der Waals surface area contributed by atoms with Gasteiger partial charge in [-0.3, -0.25) is 14.3 Å². The highest BCUT2D eigenvalue weighted by atomic mass is 19.4. The molecule has 34 heavy (non-hydrogen) atoms. The van der Waals surface area contributed by atoms with Gasteiger partial charge in [0.2, 0.25) is 5.65 Å². The number of nitrogens with zero attached hydrogens (tertiary/aromatic N) is 4. The van der Waals surface area contributed by atoms with E-state index in [2.05, 4.69) is 20.2 Å². The van der Waals surface area contributed by atoms with Crippen LogP contribution in [0.3, 0.4) is 0 Å². The monoisotopic (exact) mass is 479 g/mol. The van der Waals surface area contributed by atoms with Crippen molar-refractivity contribution < 1.29 is 31.5 Å². The number of alkyl halides is 3. The molecule has 1 N–H and O–H groups in total. The van der Waals surface area contributed by atoms with Gasteiger partial charge in [0.15, 0.2) is 11.5 Å². The third kappa shape index (κ3) is 4.22. The van der Waals surface area contributed by atoms with Crippen LogP contribution in [0.15, 0.2) is 24.4 Å². The van der Waals surface area contributed by atoms with E-state index in [0.717, 1.165) is 12.1 Å². The molecule has 0 aliphatic heterocycles. The first-order chi connectivity index (χ1) is 16.0. The molecule has 0 saturated heterocycles. The molecule has 0 spiro atoms. The fraction of sp³-hybridized carbons (Fsp3) is 0.273. The molecule has 0 unspecified atom stereocenters. The van der Waals surface area contributed by atoms with Crippen molar-refractivity contribution in [1.82, 2.24) is 24.6 Å². The van der Waals surface area contributed by atoms with E-state index in [0.29, 0.717) is 5.69 Å². The maximum atomic E-state index is 14.0. The number of ether oxygens (including phenoxy) is 1. The number of carbonyl (C=O) groups excluding carboxylic acids is 1. The summed E-state index contributed by atoms with van der Waals surface area (Å²) in [6.45, 7) is 4.03. The summed E-state index contributed by atoms with van der Waals surface area (Å²) in [5.74, 6) is -2.30. The summed E-state index contributed by atoms with van der Waals surface area (Å²) >= 11 is 0. The molecule has 0 aliphatic carbocycles. The Labute approximate surface area is 189 Å². The molecular formula is C22H18F5N5O2. The normalized spacial score (nSPS) is 11.9. The van der Waals surface area contributed by atoms with E-state index in [4.69, 9.17) is 4.74 Å². The van der Waals surface area contributed by atoms with Crippen LogP contribution in [0.1, 0.15) is 44.4 Å². The molecule has 0 atom stereocenters. The molecule has 7 nitrogen and oxygen atoms in total. The predicted molar refractivity (Wildman–Crippen MR) is 110 cm³/mol. The number of imidazole rings is 1. The van der Waals surface area contributed by atoms with Gasteiger partial charge in [0.1, 0.15) is 23.9 Å². The number of ketones is 1. The second-order valence-electron chi connectivity index (χ2n) is 7.69. The van der Waals surface area contributed by atoms with Gasteiger partial charge < -0.3 is 4.74 Å². The number of aromatic nitrogens is 5. The summed E-state index contributed by atoms with van der Waals surface area (Å²) in [5, 5.41) is 5.56. The summed E-state index contributed by atoms with van der Waals surface area (Å²) in [6, 6.07) is 3.40. The lowest BCUT2D eigenvalue weighted by molar-refractivity contribution is -0.141. The number of nitrogens with one attached hydrogen (secondary N) is 1. The lowest BCUT2D eigenvalue weighted by atomic mass is 10.0. The molecule has 4 aromatic rings. The van der Waals surface area contributed by atoms with Crippen molar-refractivity contribution in [2.24, 2.45) is 0 Å². The standard InChI is InChI=1S/C22H18F5N5O2/c1-10-8-32-18(17(33)7-13-11(2)30-31-19(13)22(25,26)27)12(3)29-20(32)21(28-10)34-9-14-15(23)5-4-6-16(14)24/h4-6,8H,7,9H2,1-3H3,(H,30,31). The van der Waals surface area contributed by atoms with E-state index in [1.54, 1.807) is 6.92 Å². The Morgan fingerprint density at radius 3 is 2.41 bits per heavy atom. The average molecular weight is 479 g/mol. The van der Waals surface area contributed by atoms with E-state index < -0.39 is 42.3 Å². The average Bonchev–Trinajstić information content (AvgIpc) is 3.26. The lowest BCUT2D eigenvalue weighted by Gasteiger charge is -2.10. The number of rotatable bonds is 6. The Balaban J connectivity index is 1.71. The van der Waals surface area contributed by atoms with Gasteiger partial charge in [-0.05, 0) is 32.9 Å². The number of aromatic amines is 1. The summed E-state index contributed by atoms with van der Waals surface area (Å²) in [7, 11) is 0. The van der Waals surface area contributed by atoms with E-state index >= 15 is 0 Å². The number of hydrogen-bond acceptors (Lipinski definition) is 5. The number of halogens is 5. The molecule has 0 saturated carbocycles. The smallest absolute Gasteiger partial charge is 0.435 e. The fourth-order valence-electron chi connectivity index (χ4n) is 3.64. The van der Waals surface area contributed by atoms with Crippen LogP contribution in [0.25, 0.3) is 5.65 Å². The highest BCUT2D eigenvalue weighted by Crippen LogP contribution is 2.32. The summed E-state index contributed by atoms with van der Waals surface area (Å²) in [4.78, 5) is 21.6. The van der Waals surface area contributed by atoms with E-state index in [9.17, 15) is 26.7 Å². The Hall–Kier alpha value is -3.83. The highest BCUT2D eigenvalue weighted by Gasteiger charge is 2.38. The number of Topliss-reactive ketones (excluding diaryl/α,β-unsaturated/α-hetero) is 1. The Morgan fingerprint density at radius 1 is 1.09 bits per heavy atom. The summed E-state index contributed by atoms with van der Waals surface area (Å²) < 4.78 is 74.7. The quantitative estimate of drug-likeness (QED) is 0.321. The minimum absolute atomic E-state index is 0.0381. The van der Waals surface area contributed by atoms with Gasteiger partial charge >= 0.3 is 6.18 Å². The molecular weight excluding hydrogens is 461 g/mol. The molecule has 3 aromatic heterocycles. The summed E-state index contributed by atoms with van der Waals surface area (Å²) in [6.07, 6.45) is -3.81. The summed E-state index contributed by atoms with van der Waals surface area (Å²) in [5.41, 5.74) is -0.853. The van der Waals surface area contributed by atoms with E-state index in [1.165, 1.54) is 30.5 Å². The molecule has 178 valence electrons. The number of hydrogen-bond donors (Lipinski definition) is 1. The molecule has 0 fully saturated rings. The van der Waals surface area contributed by atoms with Crippen molar-refractivity contribution in [3.05, 3.63) is 75.6 Å². The van der Waals surface area contributed by atoms with Gasteiger partial charge in [0.25, 0.3) is 5.88 Å². The van der Waals surface area contributed by atoms with Crippen molar-refractivity contribution in [3.63, 3.8) is 0 Å². The maximum absolute atomic E-state index is 14.0. The van der Waals surface area contributed by atoms with Crippen LogP contribution in [0.2, 0.25) is 0 Å². The van der Waals surface area contributed by atoms with Crippen molar-refractivity contribution >= 4 is 11.4 Å². The van der Waals surface area contributed by atoms with Gasteiger partial charge in [-0.2, -0.15) is 18.3 Å². The molecule has 4 rings (SSSR count). The topological polar surface area (TPSA) is 85.2 Å². The molecule has 12 heteroatoms. The lowest BCUT2D eigenvalue weighted by Crippen LogP contribution is -2.15. The minimum Gasteiger partial charge on any atom is -0.470 e. The van der Waals surface area contributed by atoms with Crippen molar-refractivity contribution in [2.45, 2.75) is 40.0 Å². The van der Waals surface area contributed by atoms with E-state index in [1.807, 2.05) is 0 Å². The fourth-order valence-corrected chi connectivity index (χ4v) is 3.64. The van der Waals surface area contributed by atoms with Gasteiger partial charge in [0.05, 0.1) is 17.0 Å². The maximum Gasteiger partial charge on any atom is 0.435 e. The van der Waals surface area contributed by atoms with Crippen LogP contribution >= 0.6 is 0 Å². The highest BCUT2D eigenvalue weighted by molar-refractivity contribution is 5.98. The van der Waals surface area contributed by atoms with Crippen LogP contribution in [0, 0.1) is 32.4 Å². The number of aryl methyl sites for hydroxylation is 3. The number of H-pyrrole nitrogens is 1. The second-order valence-corrected chi connectivity index (χ2v) is 7.69. The number of benzene rings is 1. The molecule has 3 heterocycles. The van der Waals surface area contributed by atoms with Gasteiger partial charge in [0, 0.05) is 23.9 Å². The van der Waals surface area contributed by atoms with Crippen LogP contribution in [0.5, 0.6) is 5.88 Å². The van der Waals surface area contributed by atoms with Gasteiger partial charge in [-0.25, -0.2) is 18.7 Å². The third-order valence-corrected chi connectivity index (χ3v) is 5.23. The number of fused-ring (bicyclic) bond motifs is 1. The zero-order valence-electron chi connectivity index (χ0n) is 18.2. The third-order valence-electron chi connectivity index (χ3n) is 5.23. The first kappa shape index (κ1) is 23.3. The second kappa shape index (κ2) is 8.50. The molecule has 0 bridgehead atoms. The van der Waals surface area contributed by atoms with Crippen LogP contribution in [-0.4, -0.2) is 30.3 Å². The van der Waals surface area contributed by atoms with Gasteiger partial charge in [-0.1, -0.05) is 6.07 Å². The largest absolute Gasteiger partial charge is 0.470 e. The Morgan fingerprint density at radius 2 is 1.76 bits per heavy atom. The van der Waals surface area contributed by atoms with Gasteiger partial charge in [-0.15, -0.1) is 0 Å². The SMILES string of the molecule is Cc1cn2c(C(=O)Cc3c(C(F)(F)F)n[nH]c3C)c(C)nc2c(OCc2c(F)cccc2F)n1. The Kier molecular flexibility index (Phi) is 5.84. The zero-order chi connectivity index (χ0) is 24.8. The van der Waals surface area contributed by atoms with Crippen LogP contribution in [-0.2, 0) is 19.2 Å². The van der Waals surface area contributed by atoms with E-state index in [-0.39, 0.29) is 39.7 Å². The molecule has 0 aliphatic rings. The molecule has 0 amide bonds.